The molecular weight excluding hydrogens is 398 g/mol. The van der Waals surface area contributed by atoms with Gasteiger partial charge in [-0.3, -0.25) is 14.6 Å². The van der Waals surface area contributed by atoms with Gasteiger partial charge in [-0.05, 0) is 36.4 Å². The van der Waals surface area contributed by atoms with Crippen LogP contribution in [-0.4, -0.2) is 39.7 Å². The van der Waals surface area contributed by atoms with E-state index in [1.165, 1.54) is 6.20 Å². The van der Waals surface area contributed by atoms with Gasteiger partial charge in [-0.15, -0.1) is 0 Å². The molecule has 0 aliphatic heterocycles. The van der Waals surface area contributed by atoms with E-state index in [0.717, 1.165) is 10.2 Å². The average molecular weight is 414 g/mol. The first-order valence-corrected chi connectivity index (χ1v) is 8.71. The molecule has 7 nitrogen and oxygen atoms in total. The third-order valence-electron chi connectivity index (χ3n) is 3.51. The van der Waals surface area contributed by atoms with Gasteiger partial charge < -0.3 is 10.6 Å². The molecule has 2 amide bonds. The summed E-state index contributed by atoms with van der Waals surface area (Å²) in [6.07, 6.45) is 4.81. The smallest absolute Gasteiger partial charge is 0.271 e. The lowest BCUT2D eigenvalue weighted by molar-refractivity contribution is 0.0924. The fourth-order valence-electron chi connectivity index (χ4n) is 2.25. The van der Waals surface area contributed by atoms with Crippen LogP contribution in [0, 0.1) is 0 Å². The molecule has 0 radical (unpaired) electrons. The van der Waals surface area contributed by atoms with E-state index in [4.69, 9.17) is 0 Å². The molecule has 0 spiro atoms. The average Bonchev–Trinajstić information content (AvgIpc) is 3.16. The number of carbonyl (C=O) groups excluding carboxylic acids is 2. The number of pyridine rings is 1. The maximum atomic E-state index is 12.2. The molecular formula is C18H16BrN5O2. The van der Waals surface area contributed by atoms with Crippen molar-refractivity contribution >= 4 is 27.7 Å². The molecule has 132 valence electrons. The molecule has 3 aromatic rings. The van der Waals surface area contributed by atoms with Crippen LogP contribution in [0.1, 0.15) is 20.8 Å². The molecule has 0 saturated heterocycles. The Morgan fingerprint density at radius 3 is 2.58 bits per heavy atom. The Morgan fingerprint density at radius 2 is 1.85 bits per heavy atom. The van der Waals surface area contributed by atoms with Crippen LogP contribution >= 0.6 is 15.9 Å². The van der Waals surface area contributed by atoms with Crippen molar-refractivity contribution < 1.29 is 9.59 Å². The van der Waals surface area contributed by atoms with E-state index < -0.39 is 0 Å². The molecule has 0 atom stereocenters. The SMILES string of the molecule is O=C(NCCNC(=O)c1ccn(-c2cccc(Br)c2)n1)c1cccnc1. The third kappa shape index (κ3) is 4.54. The number of halogens is 1. The zero-order valence-corrected chi connectivity index (χ0v) is 15.3. The fraction of sp³-hybridized carbons (Fsp3) is 0.111. The predicted octanol–water partition coefficient (Wildman–Crippen LogP) is 2.19. The lowest BCUT2D eigenvalue weighted by Crippen LogP contribution is -2.34. The summed E-state index contributed by atoms with van der Waals surface area (Å²) in [5.41, 5.74) is 1.64. The van der Waals surface area contributed by atoms with E-state index in [0.29, 0.717) is 24.3 Å². The van der Waals surface area contributed by atoms with Crippen molar-refractivity contribution in [3.05, 3.63) is 76.8 Å². The first-order chi connectivity index (χ1) is 12.6. The van der Waals surface area contributed by atoms with Gasteiger partial charge in [0.2, 0.25) is 0 Å². The van der Waals surface area contributed by atoms with Crippen LogP contribution in [0.15, 0.2) is 65.5 Å². The number of carbonyl (C=O) groups is 2. The summed E-state index contributed by atoms with van der Waals surface area (Å²) >= 11 is 3.41. The maximum absolute atomic E-state index is 12.2. The topological polar surface area (TPSA) is 88.9 Å². The number of aromatic nitrogens is 3. The summed E-state index contributed by atoms with van der Waals surface area (Å²) < 4.78 is 2.56. The molecule has 1 aromatic carbocycles. The highest BCUT2D eigenvalue weighted by Crippen LogP contribution is 2.15. The van der Waals surface area contributed by atoms with E-state index in [-0.39, 0.29) is 11.8 Å². The maximum Gasteiger partial charge on any atom is 0.271 e. The second-order valence-electron chi connectivity index (χ2n) is 5.38. The minimum atomic E-state index is -0.297. The summed E-state index contributed by atoms with van der Waals surface area (Å²) in [5, 5.41) is 9.72. The van der Waals surface area contributed by atoms with Crippen molar-refractivity contribution in [3.8, 4) is 5.69 Å². The van der Waals surface area contributed by atoms with Gasteiger partial charge in [0.05, 0.1) is 11.3 Å². The van der Waals surface area contributed by atoms with Crippen LogP contribution in [0.4, 0.5) is 0 Å². The van der Waals surface area contributed by atoms with E-state index in [2.05, 4.69) is 36.6 Å². The molecule has 26 heavy (non-hydrogen) atoms. The van der Waals surface area contributed by atoms with Crippen LogP contribution in [-0.2, 0) is 0 Å². The number of amides is 2. The molecule has 0 bridgehead atoms. The molecule has 0 aliphatic carbocycles. The van der Waals surface area contributed by atoms with Crippen molar-refractivity contribution in [2.45, 2.75) is 0 Å². The zero-order chi connectivity index (χ0) is 18.4. The molecule has 0 saturated carbocycles. The number of nitrogens with zero attached hydrogens (tertiary/aromatic N) is 3. The number of benzene rings is 1. The van der Waals surface area contributed by atoms with Crippen LogP contribution in [0.3, 0.4) is 0 Å². The van der Waals surface area contributed by atoms with Gasteiger partial charge in [-0.1, -0.05) is 22.0 Å². The summed E-state index contributed by atoms with van der Waals surface area (Å²) in [6.45, 7) is 0.611. The first kappa shape index (κ1) is 17.8. The third-order valence-corrected chi connectivity index (χ3v) is 4.01. The van der Waals surface area contributed by atoms with Crippen LogP contribution < -0.4 is 10.6 Å². The Balaban J connectivity index is 1.49. The summed E-state index contributed by atoms with van der Waals surface area (Å²) in [7, 11) is 0. The fourth-order valence-corrected chi connectivity index (χ4v) is 2.64. The Kier molecular flexibility index (Phi) is 5.75. The first-order valence-electron chi connectivity index (χ1n) is 7.91. The van der Waals surface area contributed by atoms with Gasteiger partial charge in [0, 0.05) is 36.2 Å². The normalized spacial score (nSPS) is 10.3. The largest absolute Gasteiger partial charge is 0.350 e. The van der Waals surface area contributed by atoms with Gasteiger partial charge in [-0.2, -0.15) is 5.10 Å². The van der Waals surface area contributed by atoms with Gasteiger partial charge in [-0.25, -0.2) is 4.68 Å². The van der Waals surface area contributed by atoms with Crippen LogP contribution in [0.5, 0.6) is 0 Å². The lowest BCUT2D eigenvalue weighted by atomic mass is 10.3. The number of rotatable bonds is 6. The molecule has 2 heterocycles. The quantitative estimate of drug-likeness (QED) is 0.606. The van der Waals surface area contributed by atoms with Crippen molar-refractivity contribution in [2.24, 2.45) is 0 Å². The summed E-state index contributed by atoms with van der Waals surface area (Å²) in [5.74, 6) is -0.527. The molecule has 2 aromatic heterocycles. The molecule has 0 aliphatic rings. The predicted molar refractivity (Wildman–Crippen MR) is 100 cm³/mol. The molecule has 0 fully saturated rings. The minimum Gasteiger partial charge on any atom is -0.350 e. The molecule has 3 rings (SSSR count). The highest BCUT2D eigenvalue weighted by Gasteiger charge is 2.10. The second-order valence-corrected chi connectivity index (χ2v) is 6.29. The minimum absolute atomic E-state index is 0.230. The van der Waals surface area contributed by atoms with Crippen molar-refractivity contribution in [1.29, 1.82) is 0 Å². The molecule has 2 N–H and O–H groups in total. The van der Waals surface area contributed by atoms with Gasteiger partial charge in [0.25, 0.3) is 11.8 Å². The highest BCUT2D eigenvalue weighted by atomic mass is 79.9. The van der Waals surface area contributed by atoms with Crippen LogP contribution in [0.25, 0.3) is 5.69 Å². The molecule has 8 heteroatoms. The number of hydrogen-bond donors (Lipinski definition) is 2. The monoisotopic (exact) mass is 413 g/mol. The Hall–Kier alpha value is -3.00. The second kappa shape index (κ2) is 8.39. The highest BCUT2D eigenvalue weighted by molar-refractivity contribution is 9.10. The van der Waals surface area contributed by atoms with E-state index in [9.17, 15) is 9.59 Å². The summed E-state index contributed by atoms with van der Waals surface area (Å²) in [4.78, 5) is 27.9. The van der Waals surface area contributed by atoms with Gasteiger partial charge in [0.1, 0.15) is 0 Å². The summed E-state index contributed by atoms with van der Waals surface area (Å²) in [6, 6.07) is 12.6. The van der Waals surface area contributed by atoms with E-state index >= 15 is 0 Å². The van der Waals surface area contributed by atoms with Crippen molar-refractivity contribution in [1.82, 2.24) is 25.4 Å². The molecule has 0 unspecified atom stereocenters. The van der Waals surface area contributed by atoms with Crippen molar-refractivity contribution in [2.75, 3.05) is 13.1 Å². The standard InChI is InChI=1S/C18H16BrN5O2/c19-14-4-1-5-15(11-14)24-10-6-16(23-24)18(26)22-9-8-21-17(25)13-3-2-7-20-12-13/h1-7,10-12H,8-9H2,(H,21,25)(H,22,26). The Morgan fingerprint density at radius 1 is 1.04 bits per heavy atom. The van der Waals surface area contributed by atoms with Crippen molar-refractivity contribution in [3.63, 3.8) is 0 Å². The van der Waals surface area contributed by atoms with Gasteiger partial charge in [0.15, 0.2) is 5.69 Å². The number of hydrogen-bond acceptors (Lipinski definition) is 4. The lowest BCUT2D eigenvalue weighted by Gasteiger charge is -2.06. The zero-order valence-electron chi connectivity index (χ0n) is 13.7. The van der Waals surface area contributed by atoms with E-state index in [1.807, 2.05) is 24.3 Å². The van der Waals surface area contributed by atoms with E-state index in [1.54, 1.807) is 35.3 Å². The number of nitrogens with one attached hydrogen (secondary N) is 2. The van der Waals surface area contributed by atoms with Gasteiger partial charge >= 0.3 is 0 Å². The Bertz CT molecular complexity index is 911. The Labute approximate surface area is 158 Å². The van der Waals surface area contributed by atoms with Crippen LogP contribution in [0.2, 0.25) is 0 Å².